The first kappa shape index (κ1) is 11.6. The van der Waals surface area contributed by atoms with Gasteiger partial charge in [-0.25, -0.2) is 0 Å². The second-order valence-corrected chi connectivity index (χ2v) is 4.80. The maximum atomic E-state index is 4.34. The van der Waals surface area contributed by atoms with Gasteiger partial charge in [0.25, 0.3) is 0 Å². The lowest BCUT2D eigenvalue weighted by Gasteiger charge is -2.01. The molecule has 1 N–H and O–H groups in total. The summed E-state index contributed by atoms with van der Waals surface area (Å²) in [5.74, 6) is 0. The number of nitrogens with zero attached hydrogens (tertiary/aromatic N) is 2. The Morgan fingerprint density at radius 3 is 3.06 bits per heavy atom. The van der Waals surface area contributed by atoms with Crippen molar-refractivity contribution in [3.05, 3.63) is 18.0 Å². The zero-order valence-electron chi connectivity index (χ0n) is 10.3. The van der Waals surface area contributed by atoms with Gasteiger partial charge in [0.05, 0.1) is 6.20 Å². The van der Waals surface area contributed by atoms with Crippen LogP contribution in [0.25, 0.3) is 0 Å². The molecule has 1 aliphatic carbocycles. The molecule has 3 nitrogen and oxygen atoms in total. The third-order valence-corrected chi connectivity index (χ3v) is 3.04. The van der Waals surface area contributed by atoms with E-state index in [1.54, 1.807) is 0 Å². The second kappa shape index (κ2) is 6.04. The van der Waals surface area contributed by atoms with Crippen molar-refractivity contribution in [2.75, 3.05) is 6.54 Å². The molecule has 1 aromatic rings. The molecule has 90 valence electrons. The van der Waals surface area contributed by atoms with Crippen LogP contribution in [0.15, 0.2) is 12.4 Å². The Hall–Kier alpha value is -0.830. The summed E-state index contributed by atoms with van der Waals surface area (Å²) in [5, 5.41) is 7.89. The second-order valence-electron chi connectivity index (χ2n) is 4.80. The first-order chi connectivity index (χ1) is 7.88. The van der Waals surface area contributed by atoms with Gasteiger partial charge in [-0.05, 0) is 50.6 Å². The summed E-state index contributed by atoms with van der Waals surface area (Å²) < 4.78 is 2.05. The third kappa shape index (κ3) is 3.97. The number of nitrogens with one attached hydrogen (secondary N) is 1. The summed E-state index contributed by atoms with van der Waals surface area (Å²) >= 11 is 0. The van der Waals surface area contributed by atoms with Crippen molar-refractivity contribution in [2.24, 2.45) is 0 Å². The number of aromatic nitrogens is 2. The van der Waals surface area contributed by atoms with Crippen LogP contribution in [-0.4, -0.2) is 22.4 Å². The zero-order chi connectivity index (χ0) is 11.2. The van der Waals surface area contributed by atoms with Gasteiger partial charge in [-0.3, -0.25) is 4.68 Å². The van der Waals surface area contributed by atoms with Crippen LogP contribution in [0.3, 0.4) is 0 Å². The van der Waals surface area contributed by atoms with Crippen molar-refractivity contribution in [3.63, 3.8) is 0 Å². The van der Waals surface area contributed by atoms with E-state index in [0.717, 1.165) is 19.0 Å². The van der Waals surface area contributed by atoms with Crippen LogP contribution in [-0.2, 0) is 13.0 Å². The minimum atomic E-state index is 0.854. The molecule has 0 aromatic carbocycles. The molecule has 0 unspecified atom stereocenters. The topological polar surface area (TPSA) is 29.9 Å². The van der Waals surface area contributed by atoms with E-state index in [0.29, 0.717) is 0 Å². The summed E-state index contributed by atoms with van der Waals surface area (Å²) in [6.45, 7) is 4.42. The van der Waals surface area contributed by atoms with Crippen molar-refractivity contribution in [1.29, 1.82) is 0 Å². The molecule has 2 rings (SSSR count). The Morgan fingerprint density at radius 2 is 2.31 bits per heavy atom. The van der Waals surface area contributed by atoms with Gasteiger partial charge in [-0.2, -0.15) is 5.10 Å². The van der Waals surface area contributed by atoms with Gasteiger partial charge >= 0.3 is 0 Å². The van der Waals surface area contributed by atoms with Crippen LogP contribution in [0.2, 0.25) is 0 Å². The Bertz CT molecular complexity index is 302. The SMILES string of the molecule is CCCn1cc(CCCCNC2CC2)cn1. The molecular formula is C13H23N3. The van der Waals surface area contributed by atoms with Crippen LogP contribution in [0.4, 0.5) is 0 Å². The maximum Gasteiger partial charge on any atom is 0.0521 e. The molecule has 1 fully saturated rings. The fourth-order valence-electron chi connectivity index (χ4n) is 1.93. The van der Waals surface area contributed by atoms with E-state index in [2.05, 4.69) is 28.2 Å². The molecule has 3 heteroatoms. The van der Waals surface area contributed by atoms with Crippen molar-refractivity contribution < 1.29 is 0 Å². The molecule has 0 spiro atoms. The normalized spacial score (nSPS) is 15.6. The highest BCUT2D eigenvalue weighted by Crippen LogP contribution is 2.18. The highest BCUT2D eigenvalue weighted by Gasteiger charge is 2.19. The zero-order valence-corrected chi connectivity index (χ0v) is 10.3. The van der Waals surface area contributed by atoms with Gasteiger partial charge in [-0.15, -0.1) is 0 Å². The van der Waals surface area contributed by atoms with Gasteiger partial charge in [-0.1, -0.05) is 6.92 Å². The Morgan fingerprint density at radius 1 is 1.44 bits per heavy atom. The molecule has 1 aliphatic rings. The largest absolute Gasteiger partial charge is 0.314 e. The van der Waals surface area contributed by atoms with E-state index < -0.39 is 0 Å². The highest BCUT2D eigenvalue weighted by atomic mass is 15.3. The number of unbranched alkanes of at least 4 members (excludes halogenated alkanes) is 1. The number of rotatable bonds is 8. The minimum absolute atomic E-state index is 0.854. The quantitative estimate of drug-likeness (QED) is 0.683. The Kier molecular flexibility index (Phi) is 4.40. The monoisotopic (exact) mass is 221 g/mol. The first-order valence-electron chi connectivity index (χ1n) is 6.63. The molecule has 0 bridgehead atoms. The lowest BCUT2D eigenvalue weighted by molar-refractivity contribution is 0.600. The van der Waals surface area contributed by atoms with Gasteiger partial charge in [0, 0.05) is 18.8 Å². The van der Waals surface area contributed by atoms with Crippen molar-refractivity contribution in [3.8, 4) is 0 Å². The van der Waals surface area contributed by atoms with Gasteiger partial charge < -0.3 is 5.32 Å². The standard InChI is InChI=1S/C13H23N3/c1-2-9-16-11-12(10-15-16)5-3-4-8-14-13-6-7-13/h10-11,13-14H,2-9H2,1H3. The summed E-state index contributed by atoms with van der Waals surface area (Å²) in [6.07, 6.45) is 11.9. The van der Waals surface area contributed by atoms with E-state index in [9.17, 15) is 0 Å². The highest BCUT2D eigenvalue weighted by molar-refractivity contribution is 5.03. The Labute approximate surface area is 98.2 Å². The van der Waals surface area contributed by atoms with E-state index in [1.807, 2.05) is 6.20 Å². The smallest absolute Gasteiger partial charge is 0.0521 e. The van der Waals surface area contributed by atoms with Crippen molar-refractivity contribution >= 4 is 0 Å². The van der Waals surface area contributed by atoms with Crippen LogP contribution in [0, 0.1) is 0 Å². The van der Waals surface area contributed by atoms with Crippen LogP contribution in [0.5, 0.6) is 0 Å². The molecule has 1 saturated carbocycles. The molecule has 1 heterocycles. The summed E-state index contributed by atoms with van der Waals surface area (Å²) in [6, 6.07) is 0.854. The van der Waals surface area contributed by atoms with Crippen molar-refractivity contribution in [1.82, 2.24) is 15.1 Å². The average molecular weight is 221 g/mol. The number of hydrogen-bond acceptors (Lipinski definition) is 2. The molecule has 0 aliphatic heterocycles. The summed E-state index contributed by atoms with van der Waals surface area (Å²) in [7, 11) is 0. The molecule has 0 amide bonds. The summed E-state index contributed by atoms with van der Waals surface area (Å²) in [4.78, 5) is 0. The molecule has 0 radical (unpaired) electrons. The van der Waals surface area contributed by atoms with Crippen LogP contribution >= 0.6 is 0 Å². The van der Waals surface area contributed by atoms with E-state index in [1.165, 1.54) is 44.2 Å². The van der Waals surface area contributed by atoms with Gasteiger partial charge in [0.15, 0.2) is 0 Å². The fraction of sp³-hybridized carbons (Fsp3) is 0.769. The molecule has 16 heavy (non-hydrogen) atoms. The minimum Gasteiger partial charge on any atom is -0.314 e. The number of aryl methyl sites for hydroxylation is 2. The fourth-order valence-corrected chi connectivity index (χ4v) is 1.93. The first-order valence-corrected chi connectivity index (χ1v) is 6.63. The maximum absolute atomic E-state index is 4.34. The number of hydrogen-bond donors (Lipinski definition) is 1. The molecule has 1 aromatic heterocycles. The predicted molar refractivity (Wildman–Crippen MR) is 66.5 cm³/mol. The van der Waals surface area contributed by atoms with Crippen molar-refractivity contribution in [2.45, 2.75) is 58.0 Å². The van der Waals surface area contributed by atoms with E-state index >= 15 is 0 Å². The van der Waals surface area contributed by atoms with Gasteiger partial charge in [0.1, 0.15) is 0 Å². The average Bonchev–Trinajstić information content (AvgIpc) is 2.99. The lowest BCUT2D eigenvalue weighted by atomic mass is 10.1. The van der Waals surface area contributed by atoms with Crippen LogP contribution in [0.1, 0.15) is 44.6 Å². The Balaban J connectivity index is 1.56. The lowest BCUT2D eigenvalue weighted by Crippen LogP contribution is -2.17. The molecule has 0 atom stereocenters. The van der Waals surface area contributed by atoms with E-state index in [-0.39, 0.29) is 0 Å². The molecular weight excluding hydrogens is 198 g/mol. The predicted octanol–water partition coefficient (Wildman–Crippen LogP) is 2.37. The summed E-state index contributed by atoms with van der Waals surface area (Å²) in [5.41, 5.74) is 1.39. The van der Waals surface area contributed by atoms with Crippen LogP contribution < -0.4 is 5.32 Å². The molecule has 0 saturated heterocycles. The third-order valence-electron chi connectivity index (χ3n) is 3.04. The van der Waals surface area contributed by atoms with Gasteiger partial charge in [0.2, 0.25) is 0 Å². The van der Waals surface area contributed by atoms with E-state index in [4.69, 9.17) is 0 Å².